The number of piperidine rings is 1. The number of aromatic nitrogens is 4. The first kappa shape index (κ1) is 16.2. The number of nitrogens with one attached hydrogen (secondary N) is 1. The van der Waals surface area contributed by atoms with Crippen molar-refractivity contribution in [3.63, 3.8) is 0 Å². The predicted molar refractivity (Wildman–Crippen MR) is 97.7 cm³/mol. The van der Waals surface area contributed by atoms with E-state index in [4.69, 9.17) is 16.7 Å². The SMILES string of the molecule is Clc1ccc(Cn2nnc(C3(c4ccccc4)CCNCC3)n2)cc1. The number of rotatable bonds is 4. The second kappa shape index (κ2) is 6.94. The molecule has 2 heterocycles. The molecule has 1 fully saturated rings. The lowest BCUT2D eigenvalue weighted by atomic mass is 9.72. The van der Waals surface area contributed by atoms with Crippen molar-refractivity contribution < 1.29 is 0 Å². The van der Waals surface area contributed by atoms with Gasteiger partial charge in [0.05, 0.1) is 12.0 Å². The fraction of sp³-hybridized carbons (Fsp3) is 0.316. The molecule has 0 bridgehead atoms. The molecule has 0 radical (unpaired) electrons. The topological polar surface area (TPSA) is 55.6 Å². The molecule has 128 valence electrons. The second-order valence-electron chi connectivity index (χ2n) is 6.47. The fourth-order valence-electron chi connectivity index (χ4n) is 3.51. The Balaban J connectivity index is 1.65. The average Bonchev–Trinajstić information content (AvgIpc) is 3.14. The number of hydrogen-bond donors (Lipinski definition) is 1. The number of hydrogen-bond acceptors (Lipinski definition) is 4. The second-order valence-corrected chi connectivity index (χ2v) is 6.90. The van der Waals surface area contributed by atoms with Crippen molar-refractivity contribution in [2.24, 2.45) is 0 Å². The summed E-state index contributed by atoms with van der Waals surface area (Å²) in [7, 11) is 0. The van der Waals surface area contributed by atoms with Crippen LogP contribution in [0.4, 0.5) is 0 Å². The average molecular weight is 354 g/mol. The molecular weight excluding hydrogens is 334 g/mol. The van der Waals surface area contributed by atoms with E-state index in [1.807, 2.05) is 30.3 Å². The molecule has 0 saturated carbocycles. The summed E-state index contributed by atoms with van der Waals surface area (Å²) in [5.74, 6) is 0.814. The Morgan fingerprint density at radius 2 is 1.72 bits per heavy atom. The van der Waals surface area contributed by atoms with Gasteiger partial charge in [0, 0.05) is 5.02 Å². The molecule has 0 atom stereocenters. The van der Waals surface area contributed by atoms with Crippen LogP contribution in [0.3, 0.4) is 0 Å². The molecule has 2 aromatic carbocycles. The molecular formula is C19H20ClN5. The molecule has 0 aliphatic carbocycles. The summed E-state index contributed by atoms with van der Waals surface area (Å²) in [6, 6.07) is 18.3. The Morgan fingerprint density at radius 3 is 2.44 bits per heavy atom. The molecule has 1 aliphatic rings. The van der Waals surface area contributed by atoms with E-state index in [-0.39, 0.29) is 5.41 Å². The van der Waals surface area contributed by atoms with Crippen LogP contribution < -0.4 is 5.32 Å². The summed E-state index contributed by atoms with van der Waals surface area (Å²) in [5, 5.41) is 17.6. The third kappa shape index (κ3) is 3.30. The number of nitrogens with zero attached hydrogens (tertiary/aromatic N) is 4. The molecule has 25 heavy (non-hydrogen) atoms. The maximum atomic E-state index is 5.95. The van der Waals surface area contributed by atoms with Gasteiger partial charge in [-0.2, -0.15) is 4.80 Å². The van der Waals surface area contributed by atoms with Gasteiger partial charge in [-0.1, -0.05) is 54.1 Å². The molecule has 1 N–H and O–H groups in total. The summed E-state index contributed by atoms with van der Waals surface area (Å²) >= 11 is 5.95. The van der Waals surface area contributed by atoms with Crippen LogP contribution in [0.5, 0.6) is 0 Å². The van der Waals surface area contributed by atoms with Crippen LogP contribution in [0.25, 0.3) is 0 Å². The number of halogens is 1. The third-order valence-electron chi connectivity index (χ3n) is 4.90. The lowest BCUT2D eigenvalue weighted by molar-refractivity contribution is 0.344. The van der Waals surface area contributed by atoms with Gasteiger partial charge in [-0.05, 0) is 54.4 Å². The zero-order chi connectivity index (χ0) is 17.1. The summed E-state index contributed by atoms with van der Waals surface area (Å²) in [6.45, 7) is 2.51. The van der Waals surface area contributed by atoms with E-state index < -0.39 is 0 Å². The Hall–Kier alpha value is -2.24. The number of benzene rings is 2. The van der Waals surface area contributed by atoms with Crippen molar-refractivity contribution in [3.05, 3.63) is 76.6 Å². The van der Waals surface area contributed by atoms with Crippen LogP contribution in [-0.4, -0.2) is 33.3 Å². The van der Waals surface area contributed by atoms with Crippen LogP contribution >= 0.6 is 11.6 Å². The smallest absolute Gasteiger partial charge is 0.185 e. The maximum absolute atomic E-state index is 5.95. The van der Waals surface area contributed by atoms with E-state index in [2.05, 4.69) is 39.9 Å². The summed E-state index contributed by atoms with van der Waals surface area (Å²) in [5.41, 5.74) is 2.21. The highest BCUT2D eigenvalue weighted by molar-refractivity contribution is 6.30. The quantitative estimate of drug-likeness (QED) is 0.783. The summed E-state index contributed by atoms with van der Waals surface area (Å²) in [4.78, 5) is 1.67. The highest BCUT2D eigenvalue weighted by Crippen LogP contribution is 2.37. The molecule has 1 aliphatic heterocycles. The third-order valence-corrected chi connectivity index (χ3v) is 5.15. The first-order valence-electron chi connectivity index (χ1n) is 8.55. The van der Waals surface area contributed by atoms with Crippen LogP contribution in [0.2, 0.25) is 5.02 Å². The van der Waals surface area contributed by atoms with Gasteiger partial charge >= 0.3 is 0 Å². The molecule has 1 aromatic heterocycles. The minimum atomic E-state index is -0.162. The zero-order valence-electron chi connectivity index (χ0n) is 13.9. The van der Waals surface area contributed by atoms with E-state index in [1.54, 1.807) is 4.80 Å². The van der Waals surface area contributed by atoms with Crippen LogP contribution in [-0.2, 0) is 12.0 Å². The van der Waals surface area contributed by atoms with Crippen molar-refractivity contribution in [2.75, 3.05) is 13.1 Å². The Morgan fingerprint density at radius 1 is 1.00 bits per heavy atom. The van der Waals surface area contributed by atoms with Crippen LogP contribution in [0, 0.1) is 0 Å². The maximum Gasteiger partial charge on any atom is 0.185 e. The molecule has 0 unspecified atom stereocenters. The molecule has 0 spiro atoms. The van der Waals surface area contributed by atoms with Gasteiger partial charge in [-0.15, -0.1) is 10.2 Å². The van der Waals surface area contributed by atoms with Gasteiger partial charge in [-0.25, -0.2) is 0 Å². The lowest BCUT2D eigenvalue weighted by Gasteiger charge is -2.35. The molecule has 4 rings (SSSR count). The Bertz CT molecular complexity index is 823. The highest BCUT2D eigenvalue weighted by atomic mass is 35.5. The zero-order valence-corrected chi connectivity index (χ0v) is 14.7. The molecule has 5 nitrogen and oxygen atoms in total. The van der Waals surface area contributed by atoms with Crippen LogP contribution in [0.1, 0.15) is 29.8 Å². The Kier molecular flexibility index (Phi) is 4.51. The normalized spacial score (nSPS) is 16.7. The molecule has 6 heteroatoms. The van der Waals surface area contributed by atoms with Gasteiger partial charge in [0.15, 0.2) is 5.82 Å². The fourth-order valence-corrected chi connectivity index (χ4v) is 3.63. The van der Waals surface area contributed by atoms with E-state index in [9.17, 15) is 0 Å². The Labute approximate surface area is 152 Å². The van der Waals surface area contributed by atoms with Crippen LogP contribution in [0.15, 0.2) is 54.6 Å². The van der Waals surface area contributed by atoms with Crippen molar-refractivity contribution in [2.45, 2.75) is 24.8 Å². The van der Waals surface area contributed by atoms with Crippen molar-refractivity contribution >= 4 is 11.6 Å². The predicted octanol–water partition coefficient (Wildman–Crippen LogP) is 3.04. The largest absolute Gasteiger partial charge is 0.317 e. The number of tetrazole rings is 1. The summed E-state index contributed by atoms with van der Waals surface area (Å²) < 4.78 is 0. The minimum absolute atomic E-state index is 0.162. The molecule has 1 saturated heterocycles. The van der Waals surface area contributed by atoms with Crippen molar-refractivity contribution in [1.29, 1.82) is 0 Å². The first-order valence-corrected chi connectivity index (χ1v) is 8.93. The van der Waals surface area contributed by atoms with Crippen molar-refractivity contribution in [3.8, 4) is 0 Å². The van der Waals surface area contributed by atoms with E-state index >= 15 is 0 Å². The minimum Gasteiger partial charge on any atom is -0.317 e. The lowest BCUT2D eigenvalue weighted by Crippen LogP contribution is -2.41. The van der Waals surface area contributed by atoms with Crippen molar-refractivity contribution in [1.82, 2.24) is 25.5 Å². The first-order chi connectivity index (χ1) is 12.3. The van der Waals surface area contributed by atoms with Gasteiger partial charge in [-0.3, -0.25) is 0 Å². The van der Waals surface area contributed by atoms with E-state index in [1.165, 1.54) is 5.56 Å². The van der Waals surface area contributed by atoms with Gasteiger partial charge in [0.25, 0.3) is 0 Å². The van der Waals surface area contributed by atoms with Gasteiger partial charge < -0.3 is 5.32 Å². The standard InChI is InChI=1S/C19H20ClN5/c20-17-8-6-15(7-9-17)14-25-23-18(22-24-25)19(10-12-21-13-11-19)16-4-2-1-3-5-16/h1-9,21H,10-14H2. The van der Waals surface area contributed by atoms with E-state index in [0.29, 0.717) is 6.54 Å². The molecule has 3 aromatic rings. The van der Waals surface area contributed by atoms with Gasteiger partial charge in [0.1, 0.15) is 0 Å². The van der Waals surface area contributed by atoms with E-state index in [0.717, 1.165) is 42.3 Å². The summed E-state index contributed by atoms with van der Waals surface area (Å²) in [6.07, 6.45) is 1.95. The molecule has 0 amide bonds. The highest BCUT2D eigenvalue weighted by Gasteiger charge is 2.39. The monoisotopic (exact) mass is 353 g/mol. The van der Waals surface area contributed by atoms with Gasteiger partial charge in [0.2, 0.25) is 0 Å².